The van der Waals surface area contributed by atoms with Gasteiger partial charge in [0.05, 0.1) is 12.2 Å². The molecule has 0 saturated heterocycles. The SMILES string of the molecule is CN=C(NCCc1c[nH]c2c(C)cccc12)NCc1csc(N(C)C)n1. The van der Waals surface area contributed by atoms with Gasteiger partial charge in [-0.25, -0.2) is 4.98 Å². The van der Waals surface area contributed by atoms with Gasteiger partial charge >= 0.3 is 0 Å². The first-order valence-corrected chi connectivity index (χ1v) is 9.58. The second kappa shape index (κ2) is 8.23. The number of aromatic amines is 1. The van der Waals surface area contributed by atoms with Crippen LogP contribution in [0.15, 0.2) is 34.8 Å². The molecule has 0 amide bonds. The van der Waals surface area contributed by atoms with Crippen LogP contribution in [0.4, 0.5) is 5.13 Å². The van der Waals surface area contributed by atoms with E-state index in [0.717, 1.165) is 29.8 Å². The van der Waals surface area contributed by atoms with Gasteiger partial charge in [0.15, 0.2) is 11.1 Å². The highest BCUT2D eigenvalue weighted by Gasteiger charge is 2.07. The Balaban J connectivity index is 1.51. The maximum atomic E-state index is 4.57. The molecule has 0 fully saturated rings. The summed E-state index contributed by atoms with van der Waals surface area (Å²) in [6, 6.07) is 6.41. The Morgan fingerprint density at radius 1 is 1.31 bits per heavy atom. The van der Waals surface area contributed by atoms with Gasteiger partial charge in [-0.15, -0.1) is 11.3 Å². The number of rotatable bonds is 6. The van der Waals surface area contributed by atoms with E-state index in [0.29, 0.717) is 6.54 Å². The summed E-state index contributed by atoms with van der Waals surface area (Å²) >= 11 is 1.65. The number of para-hydroxylation sites is 1. The Morgan fingerprint density at radius 2 is 2.15 bits per heavy atom. The van der Waals surface area contributed by atoms with E-state index in [1.165, 1.54) is 22.0 Å². The van der Waals surface area contributed by atoms with Crippen LogP contribution < -0.4 is 15.5 Å². The van der Waals surface area contributed by atoms with Gasteiger partial charge in [-0.05, 0) is 24.5 Å². The fraction of sp³-hybridized carbons (Fsp3) is 0.368. The van der Waals surface area contributed by atoms with Crippen molar-refractivity contribution in [3.8, 4) is 0 Å². The van der Waals surface area contributed by atoms with Crippen molar-refractivity contribution in [2.24, 2.45) is 4.99 Å². The average molecular weight is 371 g/mol. The summed E-state index contributed by atoms with van der Waals surface area (Å²) in [4.78, 5) is 14.3. The molecule has 7 heteroatoms. The molecule has 6 nitrogen and oxygen atoms in total. The molecule has 0 aliphatic heterocycles. The van der Waals surface area contributed by atoms with Gasteiger partial charge in [-0.2, -0.15) is 0 Å². The maximum Gasteiger partial charge on any atom is 0.191 e. The number of aryl methyl sites for hydroxylation is 1. The molecule has 0 atom stereocenters. The molecule has 0 spiro atoms. The molecule has 0 saturated carbocycles. The van der Waals surface area contributed by atoms with Gasteiger partial charge in [0.1, 0.15) is 0 Å². The topological polar surface area (TPSA) is 68.3 Å². The van der Waals surface area contributed by atoms with Crippen LogP contribution in [-0.2, 0) is 13.0 Å². The summed E-state index contributed by atoms with van der Waals surface area (Å²) in [5, 5.41) is 11.1. The molecule has 2 aromatic heterocycles. The molecule has 0 radical (unpaired) electrons. The van der Waals surface area contributed by atoms with Crippen LogP contribution >= 0.6 is 11.3 Å². The summed E-state index contributed by atoms with van der Waals surface area (Å²) in [5.74, 6) is 0.792. The lowest BCUT2D eigenvalue weighted by atomic mass is 10.1. The third-order valence-electron chi connectivity index (χ3n) is 4.28. The van der Waals surface area contributed by atoms with Gasteiger partial charge in [0, 0.05) is 50.2 Å². The van der Waals surface area contributed by atoms with E-state index in [1.807, 2.05) is 19.0 Å². The number of guanidine groups is 1. The number of benzene rings is 1. The van der Waals surface area contributed by atoms with E-state index in [1.54, 1.807) is 18.4 Å². The zero-order chi connectivity index (χ0) is 18.5. The second-order valence-electron chi connectivity index (χ2n) is 6.43. The highest BCUT2D eigenvalue weighted by Crippen LogP contribution is 2.21. The summed E-state index contributed by atoms with van der Waals surface area (Å²) in [6.07, 6.45) is 3.04. The third kappa shape index (κ3) is 4.16. The van der Waals surface area contributed by atoms with E-state index < -0.39 is 0 Å². The van der Waals surface area contributed by atoms with Crippen molar-refractivity contribution in [2.75, 3.05) is 32.6 Å². The van der Waals surface area contributed by atoms with E-state index in [9.17, 15) is 0 Å². The number of thiazole rings is 1. The van der Waals surface area contributed by atoms with E-state index in [4.69, 9.17) is 0 Å². The first kappa shape index (κ1) is 18.3. The molecule has 1 aromatic carbocycles. The molecular weight excluding hydrogens is 344 g/mol. The molecular formula is C19H26N6S. The molecule has 26 heavy (non-hydrogen) atoms. The Bertz CT molecular complexity index is 892. The molecule has 138 valence electrons. The van der Waals surface area contributed by atoms with Gasteiger partial charge in [0.2, 0.25) is 0 Å². The molecule has 0 bridgehead atoms. The largest absolute Gasteiger partial charge is 0.361 e. The summed E-state index contributed by atoms with van der Waals surface area (Å²) in [5.41, 5.74) is 4.85. The van der Waals surface area contributed by atoms with E-state index in [2.05, 4.69) is 62.3 Å². The van der Waals surface area contributed by atoms with Gasteiger partial charge in [0.25, 0.3) is 0 Å². The number of nitrogens with one attached hydrogen (secondary N) is 3. The molecule has 0 aliphatic carbocycles. The van der Waals surface area contributed by atoms with Gasteiger partial charge in [-0.1, -0.05) is 18.2 Å². The fourth-order valence-electron chi connectivity index (χ4n) is 2.86. The van der Waals surface area contributed by atoms with Gasteiger partial charge in [-0.3, -0.25) is 4.99 Å². The van der Waals surface area contributed by atoms with E-state index >= 15 is 0 Å². The highest BCUT2D eigenvalue weighted by atomic mass is 32.1. The number of hydrogen-bond donors (Lipinski definition) is 3. The lowest BCUT2D eigenvalue weighted by Gasteiger charge is -2.11. The summed E-state index contributed by atoms with van der Waals surface area (Å²) < 4.78 is 0. The number of hydrogen-bond acceptors (Lipinski definition) is 4. The van der Waals surface area contributed by atoms with Crippen molar-refractivity contribution in [1.82, 2.24) is 20.6 Å². The number of anilines is 1. The fourth-order valence-corrected chi connectivity index (χ4v) is 3.62. The Hall–Kier alpha value is -2.54. The van der Waals surface area contributed by atoms with Crippen molar-refractivity contribution < 1.29 is 0 Å². The average Bonchev–Trinajstić information content (AvgIpc) is 3.26. The number of H-pyrrole nitrogens is 1. The van der Waals surface area contributed by atoms with Crippen molar-refractivity contribution >= 4 is 33.3 Å². The van der Waals surface area contributed by atoms with Crippen LogP contribution in [0.1, 0.15) is 16.8 Å². The predicted octanol–water partition coefficient (Wildman–Crippen LogP) is 2.91. The van der Waals surface area contributed by atoms with Crippen molar-refractivity contribution in [3.63, 3.8) is 0 Å². The predicted molar refractivity (Wildman–Crippen MR) is 111 cm³/mol. The van der Waals surface area contributed by atoms with Crippen LogP contribution in [0.2, 0.25) is 0 Å². The summed E-state index contributed by atoms with van der Waals surface area (Å²) in [6.45, 7) is 3.61. The standard InChI is InChI=1S/C19H26N6S/c1-13-6-5-7-16-14(10-22-17(13)16)8-9-21-18(20-2)23-11-15-12-26-19(24-15)25(3)4/h5-7,10,12,22H,8-9,11H2,1-4H3,(H2,20,21,23). The molecule has 0 unspecified atom stereocenters. The zero-order valence-electron chi connectivity index (χ0n) is 15.8. The molecule has 3 rings (SSSR count). The van der Waals surface area contributed by atoms with Crippen LogP contribution in [0, 0.1) is 6.92 Å². The number of aliphatic imine (C=N–C) groups is 1. The molecule has 3 aromatic rings. The number of aromatic nitrogens is 2. The minimum absolute atomic E-state index is 0.663. The second-order valence-corrected chi connectivity index (χ2v) is 7.27. The molecule has 2 heterocycles. The van der Waals surface area contributed by atoms with Crippen LogP contribution in [0.25, 0.3) is 10.9 Å². The smallest absolute Gasteiger partial charge is 0.191 e. The van der Waals surface area contributed by atoms with Crippen molar-refractivity contribution in [1.29, 1.82) is 0 Å². The number of fused-ring (bicyclic) bond motifs is 1. The zero-order valence-corrected chi connectivity index (χ0v) is 16.6. The summed E-state index contributed by atoms with van der Waals surface area (Å²) in [7, 11) is 5.79. The van der Waals surface area contributed by atoms with Crippen LogP contribution in [-0.4, -0.2) is 43.6 Å². The quantitative estimate of drug-likeness (QED) is 0.461. The molecule has 3 N–H and O–H groups in total. The first-order valence-electron chi connectivity index (χ1n) is 8.70. The molecule has 0 aliphatic rings. The Labute approximate surface area is 158 Å². The number of nitrogens with zero attached hydrogens (tertiary/aromatic N) is 3. The highest BCUT2D eigenvalue weighted by molar-refractivity contribution is 7.13. The van der Waals surface area contributed by atoms with Crippen molar-refractivity contribution in [3.05, 3.63) is 46.6 Å². The van der Waals surface area contributed by atoms with Crippen molar-refractivity contribution in [2.45, 2.75) is 19.9 Å². The lowest BCUT2D eigenvalue weighted by Crippen LogP contribution is -2.37. The van der Waals surface area contributed by atoms with Crippen LogP contribution in [0.3, 0.4) is 0 Å². The lowest BCUT2D eigenvalue weighted by molar-refractivity contribution is 0.787. The maximum absolute atomic E-state index is 4.57. The van der Waals surface area contributed by atoms with E-state index in [-0.39, 0.29) is 0 Å². The normalized spacial score (nSPS) is 11.8. The first-order chi connectivity index (χ1) is 12.6. The monoisotopic (exact) mass is 370 g/mol. The minimum atomic E-state index is 0.663. The minimum Gasteiger partial charge on any atom is -0.361 e. The van der Waals surface area contributed by atoms with Gasteiger partial charge < -0.3 is 20.5 Å². The Kier molecular flexibility index (Phi) is 5.78. The van der Waals surface area contributed by atoms with Crippen LogP contribution in [0.5, 0.6) is 0 Å². The Morgan fingerprint density at radius 3 is 2.88 bits per heavy atom. The third-order valence-corrected chi connectivity index (χ3v) is 5.34.